The molecule has 72 valence electrons. The Labute approximate surface area is 88.4 Å². The van der Waals surface area contributed by atoms with Gasteiger partial charge in [-0.3, -0.25) is 0 Å². The lowest BCUT2D eigenvalue weighted by Crippen LogP contribution is -1.79. The van der Waals surface area contributed by atoms with E-state index in [1.807, 2.05) is 13.1 Å². The van der Waals surface area contributed by atoms with Crippen LogP contribution in [0.1, 0.15) is 17.5 Å². The Hall–Kier alpha value is -1.15. The molecule has 0 aliphatic heterocycles. The molecule has 2 aromatic rings. The zero-order valence-corrected chi connectivity index (χ0v) is 9.27. The van der Waals surface area contributed by atoms with E-state index < -0.39 is 0 Å². The van der Waals surface area contributed by atoms with E-state index >= 15 is 0 Å². The Morgan fingerprint density at radius 2 is 2.21 bits per heavy atom. The summed E-state index contributed by atoms with van der Waals surface area (Å²) in [6, 6.07) is 8.67. The molecule has 0 bridgehead atoms. The topological polar surface area (TPSA) is 12.9 Å². The van der Waals surface area contributed by atoms with Crippen molar-refractivity contribution in [3.63, 3.8) is 0 Å². The minimum absolute atomic E-state index is 1.09. The predicted molar refractivity (Wildman–Crippen MR) is 61.7 cm³/mol. The van der Waals surface area contributed by atoms with Crippen molar-refractivity contribution in [2.24, 2.45) is 0 Å². The minimum atomic E-state index is 1.09. The van der Waals surface area contributed by atoms with Crippen LogP contribution >= 0.6 is 11.3 Å². The molecule has 1 aromatic heterocycles. The summed E-state index contributed by atoms with van der Waals surface area (Å²) >= 11 is 1.75. The van der Waals surface area contributed by atoms with Crippen LogP contribution in [-0.4, -0.2) is 4.98 Å². The fraction of sp³-hybridized carbons (Fsp3) is 0.250. The first-order valence-corrected chi connectivity index (χ1v) is 5.63. The summed E-state index contributed by atoms with van der Waals surface area (Å²) in [5.41, 5.74) is 2.67. The van der Waals surface area contributed by atoms with E-state index in [1.54, 1.807) is 11.3 Å². The van der Waals surface area contributed by atoms with E-state index in [4.69, 9.17) is 0 Å². The highest BCUT2D eigenvalue weighted by Crippen LogP contribution is 2.26. The van der Waals surface area contributed by atoms with Gasteiger partial charge in [-0.25, -0.2) is 4.98 Å². The molecular weight excluding hydrogens is 190 g/mol. The number of thiazole rings is 1. The lowest BCUT2D eigenvalue weighted by atomic mass is 10.1. The third-order valence-corrected chi connectivity index (χ3v) is 3.20. The predicted octanol–water partition coefficient (Wildman–Crippen LogP) is 3.68. The number of benzene rings is 1. The molecule has 0 fully saturated rings. The number of rotatable bonds is 2. The highest BCUT2D eigenvalue weighted by atomic mass is 32.1. The van der Waals surface area contributed by atoms with Gasteiger partial charge in [0.15, 0.2) is 0 Å². The van der Waals surface area contributed by atoms with E-state index in [0.717, 1.165) is 11.4 Å². The minimum Gasteiger partial charge on any atom is -0.249 e. The Morgan fingerprint density at radius 3 is 2.86 bits per heavy atom. The Balaban J connectivity index is 2.41. The van der Waals surface area contributed by atoms with E-state index in [1.165, 1.54) is 16.0 Å². The number of nitrogens with zero attached hydrogens (tertiary/aromatic N) is 1. The van der Waals surface area contributed by atoms with Gasteiger partial charge in [-0.15, -0.1) is 11.3 Å². The van der Waals surface area contributed by atoms with Gasteiger partial charge in [0.1, 0.15) is 0 Å². The lowest BCUT2D eigenvalue weighted by molar-refractivity contribution is 1.14. The number of hydrogen-bond acceptors (Lipinski definition) is 2. The van der Waals surface area contributed by atoms with Gasteiger partial charge in [-0.05, 0) is 24.5 Å². The van der Waals surface area contributed by atoms with E-state index in [2.05, 4.69) is 36.2 Å². The van der Waals surface area contributed by atoms with E-state index in [0.29, 0.717) is 0 Å². The molecule has 0 N–H and O–H groups in total. The monoisotopic (exact) mass is 203 g/mol. The van der Waals surface area contributed by atoms with Crippen molar-refractivity contribution in [2.45, 2.75) is 20.3 Å². The summed E-state index contributed by atoms with van der Waals surface area (Å²) in [5.74, 6) is 0. The molecule has 2 rings (SSSR count). The summed E-state index contributed by atoms with van der Waals surface area (Å²) in [4.78, 5) is 5.53. The van der Waals surface area contributed by atoms with Crippen molar-refractivity contribution in [2.75, 3.05) is 0 Å². The zero-order chi connectivity index (χ0) is 9.97. The molecule has 1 heterocycles. The van der Waals surface area contributed by atoms with Crippen molar-refractivity contribution in [3.8, 4) is 10.4 Å². The zero-order valence-electron chi connectivity index (χ0n) is 8.45. The molecule has 0 spiro atoms. The van der Waals surface area contributed by atoms with Crippen LogP contribution in [0.25, 0.3) is 10.4 Å². The quantitative estimate of drug-likeness (QED) is 0.725. The maximum absolute atomic E-state index is 4.27. The van der Waals surface area contributed by atoms with Gasteiger partial charge in [0.05, 0.1) is 9.88 Å². The summed E-state index contributed by atoms with van der Waals surface area (Å²) < 4.78 is 0. The average molecular weight is 203 g/mol. The van der Waals surface area contributed by atoms with E-state index in [9.17, 15) is 0 Å². The van der Waals surface area contributed by atoms with Crippen LogP contribution in [0.3, 0.4) is 0 Å². The van der Waals surface area contributed by atoms with Crippen LogP contribution in [0.5, 0.6) is 0 Å². The molecule has 0 aliphatic carbocycles. The average Bonchev–Trinajstić information content (AvgIpc) is 2.65. The molecule has 1 aromatic carbocycles. The van der Waals surface area contributed by atoms with Crippen LogP contribution < -0.4 is 0 Å². The lowest BCUT2D eigenvalue weighted by Gasteiger charge is -1.99. The maximum atomic E-state index is 4.27. The van der Waals surface area contributed by atoms with Crippen molar-refractivity contribution >= 4 is 11.3 Å². The summed E-state index contributed by atoms with van der Waals surface area (Å²) in [7, 11) is 0. The first-order chi connectivity index (χ1) is 6.79. The molecule has 0 aliphatic rings. The Kier molecular flexibility index (Phi) is 2.64. The van der Waals surface area contributed by atoms with Crippen LogP contribution in [0.2, 0.25) is 0 Å². The second-order valence-corrected chi connectivity index (χ2v) is 4.53. The largest absolute Gasteiger partial charge is 0.249 e. The third kappa shape index (κ3) is 1.85. The van der Waals surface area contributed by atoms with Gasteiger partial charge in [-0.1, -0.05) is 31.2 Å². The second-order valence-electron chi connectivity index (χ2n) is 3.30. The standard InChI is InChI=1S/C12H13NS/c1-3-10-5-4-6-11(7-10)12-8-13-9(2)14-12/h4-8H,3H2,1-2H3. The Bertz CT molecular complexity index is 431. The normalized spacial score (nSPS) is 10.4. The van der Waals surface area contributed by atoms with Crippen LogP contribution in [0.15, 0.2) is 30.5 Å². The highest BCUT2D eigenvalue weighted by Gasteiger charge is 2.01. The second kappa shape index (κ2) is 3.93. The van der Waals surface area contributed by atoms with Gasteiger partial charge in [0.2, 0.25) is 0 Å². The van der Waals surface area contributed by atoms with Gasteiger partial charge in [0, 0.05) is 6.20 Å². The fourth-order valence-electron chi connectivity index (χ4n) is 1.44. The molecular formula is C12H13NS. The van der Waals surface area contributed by atoms with Crippen molar-refractivity contribution in [1.82, 2.24) is 4.98 Å². The molecule has 0 amide bonds. The first kappa shape index (κ1) is 9.41. The van der Waals surface area contributed by atoms with Crippen molar-refractivity contribution in [3.05, 3.63) is 41.0 Å². The number of aromatic nitrogens is 1. The fourth-order valence-corrected chi connectivity index (χ4v) is 2.21. The molecule has 2 heteroatoms. The molecule has 0 unspecified atom stereocenters. The number of hydrogen-bond donors (Lipinski definition) is 0. The molecule has 0 saturated carbocycles. The smallest absolute Gasteiger partial charge is 0.0900 e. The van der Waals surface area contributed by atoms with Gasteiger partial charge in [0.25, 0.3) is 0 Å². The maximum Gasteiger partial charge on any atom is 0.0900 e. The van der Waals surface area contributed by atoms with E-state index in [-0.39, 0.29) is 0 Å². The van der Waals surface area contributed by atoms with Crippen LogP contribution in [0, 0.1) is 6.92 Å². The molecule has 0 atom stereocenters. The third-order valence-electron chi connectivity index (χ3n) is 2.24. The molecule has 0 saturated heterocycles. The summed E-state index contributed by atoms with van der Waals surface area (Å²) in [5, 5.41) is 1.13. The Morgan fingerprint density at radius 1 is 1.36 bits per heavy atom. The van der Waals surface area contributed by atoms with Crippen molar-refractivity contribution < 1.29 is 0 Å². The van der Waals surface area contributed by atoms with Crippen LogP contribution in [-0.2, 0) is 6.42 Å². The number of aryl methyl sites for hydroxylation is 2. The molecule has 1 nitrogen and oxygen atoms in total. The summed E-state index contributed by atoms with van der Waals surface area (Å²) in [6.45, 7) is 4.22. The van der Waals surface area contributed by atoms with Crippen molar-refractivity contribution in [1.29, 1.82) is 0 Å². The van der Waals surface area contributed by atoms with Gasteiger partial charge in [-0.2, -0.15) is 0 Å². The summed E-state index contributed by atoms with van der Waals surface area (Å²) in [6.07, 6.45) is 3.04. The highest BCUT2D eigenvalue weighted by molar-refractivity contribution is 7.15. The van der Waals surface area contributed by atoms with Gasteiger partial charge < -0.3 is 0 Å². The molecule has 0 radical (unpaired) electrons. The molecule has 14 heavy (non-hydrogen) atoms. The van der Waals surface area contributed by atoms with Crippen LogP contribution in [0.4, 0.5) is 0 Å². The van der Waals surface area contributed by atoms with Gasteiger partial charge >= 0.3 is 0 Å². The first-order valence-electron chi connectivity index (χ1n) is 4.81. The SMILES string of the molecule is CCc1cccc(-c2cnc(C)s2)c1.